The number of carbonyl (C=O) groups is 2. The molecule has 2 heterocycles. The van der Waals surface area contributed by atoms with Gasteiger partial charge in [-0.3, -0.25) is 9.69 Å². The van der Waals surface area contributed by atoms with Gasteiger partial charge in [-0.25, -0.2) is 9.18 Å². The second-order valence-electron chi connectivity index (χ2n) is 4.79. The fraction of sp³-hybridized carbons (Fsp3) is 0.385. The Morgan fingerprint density at radius 2 is 2.16 bits per heavy atom. The number of hydrogen-bond donors (Lipinski definition) is 0. The summed E-state index contributed by atoms with van der Waals surface area (Å²) < 4.78 is 13.6. The summed E-state index contributed by atoms with van der Waals surface area (Å²) in [4.78, 5) is 26.8. The van der Waals surface area contributed by atoms with Crippen LogP contribution in [0.3, 0.4) is 0 Å². The van der Waals surface area contributed by atoms with Crippen LogP contribution in [-0.4, -0.2) is 34.3 Å². The van der Waals surface area contributed by atoms with E-state index in [-0.39, 0.29) is 30.1 Å². The van der Waals surface area contributed by atoms with Gasteiger partial charge in [0.05, 0.1) is 6.54 Å². The minimum atomic E-state index is -0.461. The molecular weight excluding hydrogens is 271 g/mol. The van der Waals surface area contributed by atoms with Crippen LogP contribution in [0.25, 0.3) is 0 Å². The van der Waals surface area contributed by atoms with E-state index < -0.39 is 5.82 Å². The summed E-state index contributed by atoms with van der Waals surface area (Å²) >= 11 is 5.81. The monoisotopic (exact) mass is 282 g/mol. The molecule has 0 N–H and O–H groups in total. The number of carbonyl (C=O) groups excluding carboxylic acids is 2. The predicted molar refractivity (Wildman–Crippen MR) is 67.1 cm³/mol. The maximum absolute atomic E-state index is 13.6. The molecule has 2 fully saturated rings. The van der Waals surface area contributed by atoms with E-state index in [1.165, 1.54) is 18.2 Å². The third kappa shape index (κ3) is 1.98. The molecule has 1 aromatic rings. The van der Waals surface area contributed by atoms with E-state index in [2.05, 4.69) is 0 Å². The molecule has 0 unspecified atom stereocenters. The Morgan fingerprint density at radius 1 is 1.37 bits per heavy atom. The fourth-order valence-electron chi connectivity index (χ4n) is 2.66. The lowest BCUT2D eigenvalue weighted by atomic mass is 10.2. The molecule has 0 aliphatic carbocycles. The van der Waals surface area contributed by atoms with Gasteiger partial charge in [-0.15, -0.1) is 0 Å². The molecule has 3 amide bonds. The molecule has 0 spiro atoms. The number of amides is 3. The van der Waals surface area contributed by atoms with Crippen LogP contribution in [0, 0.1) is 5.82 Å². The summed E-state index contributed by atoms with van der Waals surface area (Å²) in [5.74, 6) is -0.695. The summed E-state index contributed by atoms with van der Waals surface area (Å²) in [6.07, 6.45) is 1.54. The quantitative estimate of drug-likeness (QED) is 0.782. The number of nitrogens with zero attached hydrogens (tertiary/aromatic N) is 2. The van der Waals surface area contributed by atoms with Gasteiger partial charge in [0.15, 0.2) is 0 Å². The van der Waals surface area contributed by atoms with Crippen molar-refractivity contribution in [2.24, 2.45) is 0 Å². The van der Waals surface area contributed by atoms with E-state index in [1.807, 2.05) is 0 Å². The summed E-state index contributed by atoms with van der Waals surface area (Å²) in [6, 6.07) is 3.44. The van der Waals surface area contributed by atoms with Gasteiger partial charge < -0.3 is 4.90 Å². The highest BCUT2D eigenvalue weighted by Crippen LogP contribution is 2.29. The van der Waals surface area contributed by atoms with Crippen LogP contribution in [0.4, 0.5) is 9.18 Å². The van der Waals surface area contributed by atoms with Gasteiger partial charge >= 0.3 is 6.03 Å². The third-order valence-corrected chi connectivity index (χ3v) is 3.85. The molecule has 4 nitrogen and oxygen atoms in total. The van der Waals surface area contributed by atoms with Crippen molar-refractivity contribution in [3.8, 4) is 0 Å². The van der Waals surface area contributed by atoms with Crippen LogP contribution in [0.1, 0.15) is 18.4 Å². The molecule has 19 heavy (non-hydrogen) atoms. The Bertz CT molecular complexity index is 542. The number of fused-ring (bicyclic) bond motifs is 1. The zero-order valence-electron chi connectivity index (χ0n) is 10.1. The zero-order valence-corrected chi connectivity index (χ0v) is 10.9. The normalized spacial score (nSPS) is 22.3. The maximum Gasteiger partial charge on any atom is 0.327 e. The first-order valence-corrected chi connectivity index (χ1v) is 6.51. The maximum atomic E-state index is 13.6. The summed E-state index contributed by atoms with van der Waals surface area (Å²) in [7, 11) is 0. The Morgan fingerprint density at radius 3 is 2.89 bits per heavy atom. The predicted octanol–water partition coefficient (Wildman–Crippen LogP) is 2.41. The van der Waals surface area contributed by atoms with Crippen molar-refractivity contribution in [2.45, 2.75) is 25.4 Å². The van der Waals surface area contributed by atoms with Gasteiger partial charge in [-0.05, 0) is 31.0 Å². The SMILES string of the molecule is O=C1[C@H]2CCCN2C(=O)N1Cc1cc(Cl)ccc1F. The first-order chi connectivity index (χ1) is 9.08. The number of hydrogen-bond acceptors (Lipinski definition) is 2. The van der Waals surface area contributed by atoms with Crippen molar-refractivity contribution in [3.05, 3.63) is 34.6 Å². The van der Waals surface area contributed by atoms with Gasteiger partial charge in [0.25, 0.3) is 5.91 Å². The van der Waals surface area contributed by atoms with Crippen LogP contribution in [0.15, 0.2) is 18.2 Å². The molecule has 1 aromatic carbocycles. The molecule has 0 saturated carbocycles. The van der Waals surface area contributed by atoms with E-state index in [9.17, 15) is 14.0 Å². The minimum Gasteiger partial charge on any atom is -0.312 e. The fourth-order valence-corrected chi connectivity index (χ4v) is 2.86. The van der Waals surface area contributed by atoms with E-state index in [0.29, 0.717) is 18.0 Å². The van der Waals surface area contributed by atoms with Crippen molar-refractivity contribution < 1.29 is 14.0 Å². The van der Waals surface area contributed by atoms with Crippen molar-refractivity contribution in [3.63, 3.8) is 0 Å². The zero-order chi connectivity index (χ0) is 13.6. The molecule has 3 rings (SSSR count). The van der Waals surface area contributed by atoms with Crippen LogP contribution in [0.5, 0.6) is 0 Å². The van der Waals surface area contributed by atoms with E-state index in [4.69, 9.17) is 11.6 Å². The number of benzene rings is 1. The molecule has 2 saturated heterocycles. The summed E-state index contributed by atoms with van der Waals surface area (Å²) in [5.41, 5.74) is 0.260. The van der Waals surface area contributed by atoms with Gasteiger partial charge in [-0.1, -0.05) is 11.6 Å². The molecule has 100 valence electrons. The second-order valence-corrected chi connectivity index (χ2v) is 5.23. The molecule has 1 atom stereocenters. The first-order valence-electron chi connectivity index (χ1n) is 6.14. The number of imide groups is 1. The highest BCUT2D eigenvalue weighted by molar-refractivity contribution is 6.30. The average Bonchev–Trinajstić information content (AvgIpc) is 2.94. The molecule has 0 bridgehead atoms. The van der Waals surface area contributed by atoms with Gasteiger partial charge in [0, 0.05) is 17.1 Å². The van der Waals surface area contributed by atoms with Crippen molar-refractivity contribution in [1.82, 2.24) is 9.80 Å². The Hall–Kier alpha value is -1.62. The summed E-state index contributed by atoms with van der Waals surface area (Å²) in [5, 5.41) is 0.385. The molecule has 0 radical (unpaired) electrons. The number of rotatable bonds is 2. The van der Waals surface area contributed by atoms with Crippen LogP contribution < -0.4 is 0 Å². The number of halogens is 2. The lowest BCUT2D eigenvalue weighted by Gasteiger charge is -2.16. The van der Waals surface area contributed by atoms with Crippen LogP contribution >= 0.6 is 11.6 Å². The van der Waals surface area contributed by atoms with E-state index >= 15 is 0 Å². The molecule has 6 heteroatoms. The van der Waals surface area contributed by atoms with Crippen molar-refractivity contribution in [2.75, 3.05) is 6.54 Å². The van der Waals surface area contributed by atoms with Gasteiger partial charge in [0.2, 0.25) is 0 Å². The van der Waals surface area contributed by atoms with Crippen LogP contribution in [-0.2, 0) is 11.3 Å². The molecule has 2 aliphatic rings. The molecule has 2 aliphatic heterocycles. The average molecular weight is 283 g/mol. The summed E-state index contributed by atoms with van der Waals surface area (Å²) in [6.45, 7) is 0.542. The second kappa shape index (κ2) is 4.49. The Balaban J connectivity index is 1.86. The van der Waals surface area contributed by atoms with E-state index in [1.54, 1.807) is 4.90 Å². The lowest BCUT2D eigenvalue weighted by Crippen LogP contribution is -2.32. The topological polar surface area (TPSA) is 40.6 Å². The van der Waals surface area contributed by atoms with Gasteiger partial charge in [-0.2, -0.15) is 0 Å². The standard InChI is InChI=1S/C13H12ClFN2O2/c14-9-3-4-10(15)8(6-9)7-17-12(18)11-2-1-5-16(11)13(17)19/h3-4,6,11H,1-2,5,7H2/t11-/m1/s1. The molecular formula is C13H12ClFN2O2. The smallest absolute Gasteiger partial charge is 0.312 e. The van der Waals surface area contributed by atoms with E-state index in [0.717, 1.165) is 11.3 Å². The van der Waals surface area contributed by atoms with Crippen molar-refractivity contribution in [1.29, 1.82) is 0 Å². The van der Waals surface area contributed by atoms with Crippen molar-refractivity contribution >= 4 is 23.5 Å². The Labute approximate surface area is 114 Å². The highest BCUT2D eigenvalue weighted by atomic mass is 35.5. The van der Waals surface area contributed by atoms with Gasteiger partial charge in [0.1, 0.15) is 11.9 Å². The molecule has 0 aromatic heterocycles. The lowest BCUT2D eigenvalue weighted by molar-refractivity contribution is -0.128. The first kappa shape index (κ1) is 12.4. The number of urea groups is 1. The Kier molecular flexibility index (Phi) is 2.93. The highest BCUT2D eigenvalue weighted by Gasteiger charge is 2.47. The third-order valence-electron chi connectivity index (χ3n) is 3.62. The van der Waals surface area contributed by atoms with Crippen LogP contribution in [0.2, 0.25) is 5.02 Å². The minimum absolute atomic E-state index is 0.0585. The largest absolute Gasteiger partial charge is 0.327 e.